The van der Waals surface area contributed by atoms with Crippen LogP contribution in [0.25, 0.3) is 10.9 Å². The van der Waals surface area contributed by atoms with E-state index in [0.717, 1.165) is 23.7 Å². The van der Waals surface area contributed by atoms with Gasteiger partial charge in [-0.1, -0.05) is 64.4 Å². The number of pyridine rings is 1. The summed E-state index contributed by atoms with van der Waals surface area (Å²) in [6.07, 6.45) is 1.89. The highest BCUT2D eigenvalue weighted by Crippen LogP contribution is 2.23. The molecule has 0 spiro atoms. The quantitative estimate of drug-likeness (QED) is 0.623. The Kier molecular flexibility index (Phi) is 6.21. The monoisotopic (exact) mass is 390 g/mol. The zero-order valence-electron chi connectivity index (χ0n) is 17.8. The van der Waals surface area contributed by atoms with Crippen molar-refractivity contribution < 1.29 is 4.79 Å². The van der Waals surface area contributed by atoms with Gasteiger partial charge in [-0.15, -0.1) is 0 Å². The largest absolute Gasteiger partial charge is 0.334 e. The predicted octanol–water partition coefficient (Wildman–Crippen LogP) is 5.27. The van der Waals surface area contributed by atoms with E-state index >= 15 is 0 Å². The highest BCUT2D eigenvalue weighted by molar-refractivity contribution is 5.94. The van der Waals surface area contributed by atoms with Gasteiger partial charge in [-0.3, -0.25) is 9.59 Å². The van der Waals surface area contributed by atoms with Crippen LogP contribution in [0.1, 0.15) is 62.0 Å². The SMILES string of the molecule is CCCCN(Cc1cc2ccccc2[nH]c1=O)C(=O)c1ccc(C(C)(C)C)cc1. The molecule has 0 aliphatic heterocycles. The minimum atomic E-state index is -0.138. The number of nitrogens with one attached hydrogen (secondary N) is 1. The van der Waals surface area contributed by atoms with E-state index in [4.69, 9.17) is 0 Å². The second-order valence-electron chi connectivity index (χ2n) is 8.62. The number of amides is 1. The number of fused-ring (bicyclic) bond motifs is 1. The number of nitrogens with zero attached hydrogens (tertiary/aromatic N) is 1. The molecule has 0 saturated heterocycles. The molecule has 4 heteroatoms. The van der Waals surface area contributed by atoms with Crippen molar-refractivity contribution in [2.24, 2.45) is 0 Å². The van der Waals surface area contributed by atoms with Gasteiger partial charge in [0.15, 0.2) is 0 Å². The van der Waals surface area contributed by atoms with Gasteiger partial charge in [0, 0.05) is 23.2 Å². The first-order chi connectivity index (χ1) is 13.8. The predicted molar refractivity (Wildman–Crippen MR) is 119 cm³/mol. The molecular formula is C25H30N2O2. The van der Waals surface area contributed by atoms with Crippen LogP contribution < -0.4 is 5.56 Å². The molecule has 0 unspecified atom stereocenters. The van der Waals surface area contributed by atoms with Crippen molar-refractivity contribution in [1.82, 2.24) is 9.88 Å². The number of aromatic amines is 1. The van der Waals surface area contributed by atoms with Crippen LogP contribution >= 0.6 is 0 Å². The van der Waals surface area contributed by atoms with Crippen LogP contribution in [0.2, 0.25) is 0 Å². The Hall–Kier alpha value is -2.88. The number of unbranched alkanes of at least 4 members (excludes halogenated alkanes) is 1. The summed E-state index contributed by atoms with van der Waals surface area (Å²) in [5.74, 6) is -0.0357. The molecule has 3 aromatic rings. The number of carbonyl (C=O) groups excluding carboxylic acids is 1. The Morgan fingerprint density at radius 1 is 1.03 bits per heavy atom. The molecule has 4 nitrogen and oxygen atoms in total. The van der Waals surface area contributed by atoms with Gasteiger partial charge in [0.25, 0.3) is 11.5 Å². The van der Waals surface area contributed by atoms with E-state index in [0.29, 0.717) is 24.2 Å². The van der Waals surface area contributed by atoms with Gasteiger partial charge < -0.3 is 9.88 Å². The van der Waals surface area contributed by atoms with Crippen molar-refractivity contribution in [3.8, 4) is 0 Å². The summed E-state index contributed by atoms with van der Waals surface area (Å²) >= 11 is 0. The lowest BCUT2D eigenvalue weighted by molar-refractivity contribution is 0.0740. The van der Waals surface area contributed by atoms with Gasteiger partial charge in [0.05, 0.1) is 6.54 Å². The standard InChI is InChI=1S/C25H30N2O2/c1-5-6-15-27(24(29)18-11-13-21(14-12-18)25(2,3)4)17-20-16-19-9-7-8-10-22(19)26-23(20)28/h7-14,16H,5-6,15,17H2,1-4H3,(H,26,28). The van der Waals surface area contributed by atoms with Crippen molar-refractivity contribution in [3.05, 3.63) is 81.6 Å². The van der Waals surface area contributed by atoms with Crippen LogP contribution in [0.4, 0.5) is 0 Å². The van der Waals surface area contributed by atoms with E-state index in [1.807, 2.05) is 54.6 Å². The van der Waals surface area contributed by atoms with Crippen molar-refractivity contribution >= 4 is 16.8 Å². The van der Waals surface area contributed by atoms with E-state index < -0.39 is 0 Å². The number of hydrogen-bond donors (Lipinski definition) is 1. The topological polar surface area (TPSA) is 53.2 Å². The van der Waals surface area contributed by atoms with Gasteiger partial charge >= 0.3 is 0 Å². The zero-order chi connectivity index (χ0) is 21.0. The summed E-state index contributed by atoms with van der Waals surface area (Å²) in [5, 5.41) is 0.972. The summed E-state index contributed by atoms with van der Waals surface area (Å²) in [7, 11) is 0. The molecule has 1 heterocycles. The van der Waals surface area contributed by atoms with E-state index in [1.165, 1.54) is 5.56 Å². The Balaban J connectivity index is 1.89. The summed E-state index contributed by atoms with van der Waals surface area (Å²) in [5.41, 5.74) is 3.18. The first-order valence-corrected chi connectivity index (χ1v) is 10.3. The Labute approximate surface area is 172 Å². The third kappa shape index (κ3) is 4.94. The fraction of sp³-hybridized carbons (Fsp3) is 0.360. The number of para-hydroxylation sites is 1. The molecule has 0 saturated carbocycles. The first-order valence-electron chi connectivity index (χ1n) is 10.3. The van der Waals surface area contributed by atoms with Crippen LogP contribution in [0, 0.1) is 0 Å². The molecule has 0 radical (unpaired) electrons. The van der Waals surface area contributed by atoms with Crippen molar-refractivity contribution in [3.63, 3.8) is 0 Å². The lowest BCUT2D eigenvalue weighted by Gasteiger charge is -2.24. The molecule has 0 fully saturated rings. The number of benzene rings is 2. The minimum Gasteiger partial charge on any atom is -0.334 e. The number of aromatic nitrogens is 1. The smallest absolute Gasteiger partial charge is 0.254 e. The average molecular weight is 391 g/mol. The van der Waals surface area contributed by atoms with Gasteiger partial charge in [-0.05, 0) is 47.1 Å². The average Bonchev–Trinajstić information content (AvgIpc) is 2.70. The highest BCUT2D eigenvalue weighted by Gasteiger charge is 2.19. The first kappa shape index (κ1) is 20.8. The molecule has 29 heavy (non-hydrogen) atoms. The normalized spacial score (nSPS) is 11.6. The van der Waals surface area contributed by atoms with Crippen LogP contribution in [-0.2, 0) is 12.0 Å². The molecule has 3 rings (SSSR count). The van der Waals surface area contributed by atoms with Gasteiger partial charge in [0.2, 0.25) is 0 Å². The van der Waals surface area contributed by atoms with Gasteiger partial charge in [-0.2, -0.15) is 0 Å². The Morgan fingerprint density at radius 2 is 1.72 bits per heavy atom. The second kappa shape index (κ2) is 8.64. The van der Waals surface area contributed by atoms with Gasteiger partial charge in [0.1, 0.15) is 0 Å². The van der Waals surface area contributed by atoms with Crippen molar-refractivity contribution in [2.45, 2.75) is 52.5 Å². The van der Waals surface area contributed by atoms with Crippen LogP contribution in [0.3, 0.4) is 0 Å². The molecule has 1 N–H and O–H groups in total. The zero-order valence-corrected chi connectivity index (χ0v) is 17.8. The number of carbonyl (C=O) groups is 1. The maximum absolute atomic E-state index is 13.2. The maximum Gasteiger partial charge on any atom is 0.254 e. The summed E-state index contributed by atoms with van der Waals surface area (Å²) < 4.78 is 0. The molecule has 2 aromatic carbocycles. The summed E-state index contributed by atoms with van der Waals surface area (Å²) in [4.78, 5) is 30.5. The van der Waals surface area contributed by atoms with E-state index in [1.54, 1.807) is 4.90 Å². The lowest BCUT2D eigenvalue weighted by Crippen LogP contribution is -2.33. The maximum atomic E-state index is 13.2. The third-order valence-corrected chi connectivity index (χ3v) is 5.26. The van der Waals surface area contributed by atoms with Crippen LogP contribution in [0.5, 0.6) is 0 Å². The fourth-order valence-electron chi connectivity index (χ4n) is 3.41. The molecule has 0 atom stereocenters. The summed E-state index contributed by atoms with van der Waals surface area (Å²) in [6.45, 7) is 9.50. The van der Waals surface area contributed by atoms with Gasteiger partial charge in [-0.25, -0.2) is 0 Å². The van der Waals surface area contributed by atoms with Crippen molar-refractivity contribution in [1.29, 1.82) is 0 Å². The Bertz CT molecular complexity index is 1040. The molecule has 0 aliphatic rings. The fourth-order valence-corrected chi connectivity index (χ4v) is 3.41. The molecule has 0 aliphatic carbocycles. The van der Waals surface area contributed by atoms with E-state index in [2.05, 4.69) is 32.7 Å². The van der Waals surface area contributed by atoms with Crippen LogP contribution in [-0.4, -0.2) is 22.3 Å². The number of rotatable bonds is 6. The van der Waals surface area contributed by atoms with Crippen LogP contribution in [0.15, 0.2) is 59.4 Å². The van der Waals surface area contributed by atoms with E-state index in [9.17, 15) is 9.59 Å². The Morgan fingerprint density at radius 3 is 2.38 bits per heavy atom. The molecule has 1 aromatic heterocycles. The number of hydrogen-bond acceptors (Lipinski definition) is 2. The molecule has 152 valence electrons. The second-order valence-corrected chi connectivity index (χ2v) is 8.62. The number of H-pyrrole nitrogens is 1. The highest BCUT2D eigenvalue weighted by atomic mass is 16.2. The molecule has 0 bridgehead atoms. The molecular weight excluding hydrogens is 360 g/mol. The van der Waals surface area contributed by atoms with E-state index in [-0.39, 0.29) is 16.9 Å². The lowest BCUT2D eigenvalue weighted by atomic mass is 9.86. The molecule has 1 amide bonds. The minimum absolute atomic E-state index is 0.0357. The van der Waals surface area contributed by atoms with Crippen molar-refractivity contribution in [2.75, 3.05) is 6.54 Å². The summed E-state index contributed by atoms with van der Waals surface area (Å²) in [6, 6.07) is 17.4. The third-order valence-electron chi connectivity index (χ3n) is 5.26.